The lowest BCUT2D eigenvalue weighted by Crippen LogP contribution is -2.01. The Hall–Kier alpha value is -2.40. The highest BCUT2D eigenvalue weighted by Gasteiger charge is 2.07. The molecule has 0 unspecified atom stereocenters. The number of fused-ring (bicyclic) bond motifs is 1. The lowest BCUT2D eigenvalue weighted by atomic mass is 10.2. The Bertz CT molecular complexity index is 737. The molecule has 5 heteroatoms. The van der Waals surface area contributed by atoms with Crippen LogP contribution in [0, 0.1) is 0 Å². The van der Waals surface area contributed by atoms with E-state index in [1.807, 2.05) is 18.2 Å². The van der Waals surface area contributed by atoms with Gasteiger partial charge in [-0.15, -0.1) is 0 Å². The van der Waals surface area contributed by atoms with E-state index in [1.165, 1.54) is 6.07 Å². The Morgan fingerprint density at radius 2 is 2.11 bits per heavy atom. The first-order chi connectivity index (χ1) is 8.78. The van der Waals surface area contributed by atoms with Crippen molar-refractivity contribution in [2.24, 2.45) is 5.73 Å². The molecule has 3 rings (SSSR count). The number of nitrogens with one attached hydrogen (secondary N) is 2. The zero-order valence-corrected chi connectivity index (χ0v) is 9.60. The average molecular weight is 240 g/mol. The Morgan fingerprint density at radius 1 is 1.22 bits per heavy atom. The average Bonchev–Trinajstić information content (AvgIpc) is 2.83. The van der Waals surface area contributed by atoms with Crippen LogP contribution >= 0.6 is 0 Å². The summed E-state index contributed by atoms with van der Waals surface area (Å²) in [6.45, 7) is 0.452. The van der Waals surface area contributed by atoms with Gasteiger partial charge in [0.15, 0.2) is 0 Å². The molecule has 0 atom stereocenters. The van der Waals surface area contributed by atoms with Crippen molar-refractivity contribution >= 4 is 11.0 Å². The summed E-state index contributed by atoms with van der Waals surface area (Å²) in [4.78, 5) is 21.4. The molecular weight excluding hydrogens is 228 g/mol. The number of para-hydroxylation sites is 1. The summed E-state index contributed by atoms with van der Waals surface area (Å²) >= 11 is 0. The normalized spacial score (nSPS) is 10.9. The highest BCUT2D eigenvalue weighted by atomic mass is 16.1. The van der Waals surface area contributed by atoms with Crippen LogP contribution in [-0.2, 0) is 6.54 Å². The Morgan fingerprint density at radius 3 is 2.83 bits per heavy atom. The van der Waals surface area contributed by atoms with Crippen LogP contribution in [-0.4, -0.2) is 15.0 Å². The molecule has 0 aliphatic rings. The molecule has 90 valence electrons. The highest BCUT2D eigenvalue weighted by Crippen LogP contribution is 2.21. The lowest BCUT2D eigenvalue weighted by Gasteiger charge is -1.95. The molecule has 0 fully saturated rings. The van der Waals surface area contributed by atoms with Crippen LogP contribution in [0.15, 0.2) is 41.3 Å². The van der Waals surface area contributed by atoms with E-state index in [0.29, 0.717) is 6.54 Å². The number of H-pyrrole nitrogens is 2. The van der Waals surface area contributed by atoms with Crippen molar-refractivity contribution in [2.75, 3.05) is 0 Å². The Balaban J connectivity index is 2.19. The second-order valence-corrected chi connectivity index (χ2v) is 4.04. The first kappa shape index (κ1) is 10.7. The third-order valence-electron chi connectivity index (χ3n) is 2.87. The lowest BCUT2D eigenvalue weighted by molar-refractivity contribution is 1.08. The van der Waals surface area contributed by atoms with Crippen LogP contribution in [0.3, 0.4) is 0 Å². The van der Waals surface area contributed by atoms with Gasteiger partial charge in [-0.3, -0.25) is 4.79 Å². The molecule has 5 nitrogen and oxygen atoms in total. The largest absolute Gasteiger partial charge is 0.338 e. The molecule has 0 radical (unpaired) electrons. The molecule has 0 amide bonds. The van der Waals surface area contributed by atoms with Gasteiger partial charge < -0.3 is 15.7 Å². The van der Waals surface area contributed by atoms with Gasteiger partial charge in [0.25, 0.3) is 0 Å². The Labute approximate surface area is 103 Å². The predicted octanol–water partition coefficient (Wildman–Crippen LogP) is 1.38. The first-order valence-corrected chi connectivity index (χ1v) is 5.65. The standard InChI is InChI=1S/C13H12N4O/c14-6-8-2-1-3-10-12(8)17-13(16-10)9-4-5-11(18)15-7-9/h1-5,7H,6,14H2,(H,15,18)(H,16,17). The molecule has 2 aromatic heterocycles. The summed E-state index contributed by atoms with van der Waals surface area (Å²) in [5.41, 5.74) is 9.22. The molecule has 0 aliphatic carbocycles. The first-order valence-electron chi connectivity index (χ1n) is 5.65. The van der Waals surface area contributed by atoms with Crippen molar-refractivity contribution < 1.29 is 0 Å². The van der Waals surface area contributed by atoms with Crippen LogP contribution in [0.4, 0.5) is 0 Å². The third kappa shape index (κ3) is 1.70. The molecule has 0 aliphatic heterocycles. The van der Waals surface area contributed by atoms with Crippen molar-refractivity contribution in [2.45, 2.75) is 6.54 Å². The minimum atomic E-state index is -0.127. The zero-order chi connectivity index (χ0) is 12.5. The third-order valence-corrected chi connectivity index (χ3v) is 2.87. The van der Waals surface area contributed by atoms with Crippen molar-refractivity contribution in [3.63, 3.8) is 0 Å². The fraction of sp³-hybridized carbons (Fsp3) is 0.0769. The van der Waals surface area contributed by atoms with Gasteiger partial charge in [0.1, 0.15) is 5.82 Å². The summed E-state index contributed by atoms with van der Waals surface area (Å²) in [6, 6.07) is 9.07. The zero-order valence-electron chi connectivity index (χ0n) is 9.60. The van der Waals surface area contributed by atoms with E-state index in [9.17, 15) is 4.79 Å². The summed E-state index contributed by atoms with van der Waals surface area (Å²) in [7, 11) is 0. The quantitative estimate of drug-likeness (QED) is 0.632. The van der Waals surface area contributed by atoms with Crippen molar-refractivity contribution in [3.8, 4) is 11.4 Å². The molecule has 0 spiro atoms. The van der Waals surface area contributed by atoms with Gasteiger partial charge in [0.2, 0.25) is 5.56 Å². The second-order valence-electron chi connectivity index (χ2n) is 4.04. The number of nitrogens with two attached hydrogens (primary N) is 1. The van der Waals surface area contributed by atoms with E-state index in [0.717, 1.165) is 28.0 Å². The summed E-state index contributed by atoms with van der Waals surface area (Å²) in [5, 5.41) is 0. The van der Waals surface area contributed by atoms with Crippen LogP contribution in [0.5, 0.6) is 0 Å². The number of nitrogens with zero attached hydrogens (tertiary/aromatic N) is 1. The van der Waals surface area contributed by atoms with Gasteiger partial charge in [0, 0.05) is 24.4 Å². The van der Waals surface area contributed by atoms with Crippen molar-refractivity contribution in [3.05, 3.63) is 52.4 Å². The van der Waals surface area contributed by atoms with E-state index in [1.54, 1.807) is 12.3 Å². The molecule has 0 bridgehead atoms. The van der Waals surface area contributed by atoms with Crippen LogP contribution < -0.4 is 11.3 Å². The molecule has 0 saturated carbocycles. The number of pyridine rings is 1. The van der Waals surface area contributed by atoms with E-state index in [-0.39, 0.29) is 5.56 Å². The molecule has 0 saturated heterocycles. The van der Waals surface area contributed by atoms with E-state index in [2.05, 4.69) is 15.0 Å². The van der Waals surface area contributed by atoms with Gasteiger partial charge >= 0.3 is 0 Å². The van der Waals surface area contributed by atoms with Gasteiger partial charge in [0.05, 0.1) is 11.0 Å². The van der Waals surface area contributed by atoms with E-state index >= 15 is 0 Å². The van der Waals surface area contributed by atoms with Gasteiger partial charge in [-0.2, -0.15) is 0 Å². The van der Waals surface area contributed by atoms with Gasteiger partial charge in [-0.05, 0) is 17.7 Å². The number of hydrogen-bond acceptors (Lipinski definition) is 3. The molecule has 3 aromatic rings. The van der Waals surface area contributed by atoms with Gasteiger partial charge in [-0.25, -0.2) is 4.98 Å². The fourth-order valence-electron chi connectivity index (χ4n) is 1.95. The van der Waals surface area contributed by atoms with Crippen molar-refractivity contribution in [1.82, 2.24) is 15.0 Å². The molecule has 2 heterocycles. The van der Waals surface area contributed by atoms with Crippen LogP contribution in [0.1, 0.15) is 5.56 Å². The number of rotatable bonds is 2. The predicted molar refractivity (Wildman–Crippen MR) is 70.0 cm³/mol. The Kier molecular flexibility index (Phi) is 2.46. The second kappa shape index (κ2) is 4.12. The highest BCUT2D eigenvalue weighted by molar-refractivity contribution is 5.82. The maximum Gasteiger partial charge on any atom is 0.247 e. The van der Waals surface area contributed by atoms with E-state index < -0.39 is 0 Å². The number of hydrogen-bond donors (Lipinski definition) is 3. The van der Waals surface area contributed by atoms with Crippen LogP contribution in [0.2, 0.25) is 0 Å². The topological polar surface area (TPSA) is 87.6 Å². The maximum atomic E-state index is 11.0. The number of aromatic amines is 2. The minimum Gasteiger partial charge on any atom is -0.338 e. The summed E-state index contributed by atoms with van der Waals surface area (Å²) < 4.78 is 0. The number of aromatic nitrogens is 3. The van der Waals surface area contributed by atoms with Gasteiger partial charge in [-0.1, -0.05) is 12.1 Å². The smallest absolute Gasteiger partial charge is 0.247 e. The summed E-state index contributed by atoms with van der Waals surface area (Å²) in [5.74, 6) is 0.724. The minimum absolute atomic E-state index is 0.127. The SMILES string of the molecule is NCc1cccc2[nH]c(-c3ccc(=O)[nH]c3)nc12. The fourth-order valence-corrected chi connectivity index (χ4v) is 1.95. The number of benzene rings is 1. The molecule has 1 aromatic carbocycles. The molecule has 18 heavy (non-hydrogen) atoms. The monoisotopic (exact) mass is 240 g/mol. The molecule has 4 N–H and O–H groups in total. The maximum absolute atomic E-state index is 11.0. The van der Waals surface area contributed by atoms with Crippen molar-refractivity contribution in [1.29, 1.82) is 0 Å². The van der Waals surface area contributed by atoms with Crippen LogP contribution in [0.25, 0.3) is 22.4 Å². The summed E-state index contributed by atoms with van der Waals surface area (Å²) in [6.07, 6.45) is 1.64. The molecular formula is C13H12N4O. The van der Waals surface area contributed by atoms with E-state index in [4.69, 9.17) is 5.73 Å². The number of imidazole rings is 1.